The van der Waals surface area contributed by atoms with Crippen molar-refractivity contribution in [3.8, 4) is 5.75 Å². The maximum absolute atomic E-state index is 13.9. The van der Waals surface area contributed by atoms with Gasteiger partial charge in [0, 0.05) is 17.6 Å². The van der Waals surface area contributed by atoms with Crippen molar-refractivity contribution in [1.29, 1.82) is 0 Å². The number of unbranched alkanes of at least 4 members (excludes halogenated alkanes) is 1. The number of carbonyl (C=O) groups excluding carboxylic acids is 1. The first-order chi connectivity index (χ1) is 16.9. The van der Waals surface area contributed by atoms with E-state index in [0.717, 1.165) is 31.1 Å². The lowest BCUT2D eigenvalue weighted by Crippen LogP contribution is -2.41. The largest absolute Gasteiger partial charge is 0.494 e. The summed E-state index contributed by atoms with van der Waals surface area (Å²) in [5, 5.41) is 4.35. The van der Waals surface area contributed by atoms with Gasteiger partial charge in [-0.3, -0.25) is 4.79 Å². The molecule has 0 aromatic heterocycles. The van der Waals surface area contributed by atoms with E-state index in [9.17, 15) is 13.2 Å². The van der Waals surface area contributed by atoms with Crippen molar-refractivity contribution >= 4 is 32.4 Å². The van der Waals surface area contributed by atoms with Gasteiger partial charge in [0.15, 0.2) is 0 Å². The zero-order valence-corrected chi connectivity index (χ0v) is 21.7. The molecule has 0 aliphatic heterocycles. The summed E-state index contributed by atoms with van der Waals surface area (Å²) in [4.78, 5) is 13.2. The molecule has 1 amide bonds. The summed E-state index contributed by atoms with van der Waals surface area (Å²) in [7, 11) is -3.91. The Balaban J connectivity index is 1.88. The van der Waals surface area contributed by atoms with Crippen LogP contribution in [0, 0.1) is 5.92 Å². The van der Waals surface area contributed by atoms with E-state index >= 15 is 0 Å². The molecule has 0 fully saturated rings. The number of ether oxygens (including phenoxy) is 1. The molecule has 188 valence electrons. The van der Waals surface area contributed by atoms with Crippen molar-refractivity contribution in [2.75, 3.05) is 25.0 Å². The fourth-order valence-electron chi connectivity index (χ4n) is 4.17. The molecule has 0 radical (unpaired) electrons. The van der Waals surface area contributed by atoms with Gasteiger partial charge in [0.1, 0.15) is 5.75 Å². The van der Waals surface area contributed by atoms with Crippen LogP contribution in [0.1, 0.15) is 46.5 Å². The number of carbonyl (C=O) groups is 1. The average Bonchev–Trinajstić information content (AvgIpc) is 2.86. The Bertz CT molecular complexity index is 1200. The van der Waals surface area contributed by atoms with E-state index in [1.165, 1.54) is 4.31 Å². The minimum atomic E-state index is -3.91. The van der Waals surface area contributed by atoms with E-state index in [2.05, 4.69) is 19.2 Å². The van der Waals surface area contributed by atoms with Crippen LogP contribution in [0.5, 0.6) is 5.75 Å². The molecule has 3 rings (SSSR count). The molecule has 35 heavy (non-hydrogen) atoms. The Morgan fingerprint density at radius 2 is 1.69 bits per heavy atom. The van der Waals surface area contributed by atoms with Gasteiger partial charge in [-0.1, -0.05) is 69.5 Å². The zero-order chi connectivity index (χ0) is 25.3. The molecule has 6 nitrogen and oxygen atoms in total. The molecule has 0 saturated heterocycles. The third kappa shape index (κ3) is 7.05. The molecule has 0 heterocycles. The first-order valence-electron chi connectivity index (χ1n) is 12.4. The minimum absolute atomic E-state index is 0.179. The van der Waals surface area contributed by atoms with E-state index in [-0.39, 0.29) is 23.3 Å². The van der Waals surface area contributed by atoms with E-state index in [0.29, 0.717) is 30.0 Å². The van der Waals surface area contributed by atoms with Crippen LogP contribution >= 0.6 is 0 Å². The Kier molecular flexibility index (Phi) is 9.69. The number of anilines is 1. The molecule has 0 aliphatic carbocycles. The normalized spacial score (nSPS) is 12.6. The second-order valence-electron chi connectivity index (χ2n) is 8.70. The molecule has 0 bridgehead atoms. The number of rotatable bonds is 13. The lowest BCUT2D eigenvalue weighted by molar-refractivity contribution is -0.116. The first kappa shape index (κ1) is 26.7. The summed E-state index contributed by atoms with van der Waals surface area (Å²) in [6.45, 7) is 6.72. The van der Waals surface area contributed by atoms with Crippen LogP contribution in [0.15, 0.2) is 71.6 Å². The van der Waals surface area contributed by atoms with Crippen LogP contribution in [-0.2, 0) is 14.8 Å². The maximum Gasteiger partial charge on any atom is 0.244 e. The summed E-state index contributed by atoms with van der Waals surface area (Å²) < 4.78 is 34.6. The zero-order valence-electron chi connectivity index (χ0n) is 20.9. The molecule has 1 atom stereocenters. The van der Waals surface area contributed by atoms with Crippen molar-refractivity contribution in [3.63, 3.8) is 0 Å². The second-order valence-corrected chi connectivity index (χ2v) is 10.6. The highest BCUT2D eigenvalue weighted by atomic mass is 32.2. The molecule has 1 N–H and O–H groups in total. The standard InChI is InChI=1S/C28H36N2O4S/c1-4-7-11-22(5-2)20-30(21-28(31)29-24-16-18-25(19-17-24)34-6-3)35(32,33)27-15-10-13-23-12-8-9-14-26(23)27/h8-10,12-19,22H,4-7,11,20-21H2,1-3H3,(H,29,31). The van der Waals surface area contributed by atoms with Crippen molar-refractivity contribution in [2.24, 2.45) is 5.92 Å². The Morgan fingerprint density at radius 3 is 2.37 bits per heavy atom. The Morgan fingerprint density at radius 1 is 0.971 bits per heavy atom. The number of nitrogens with one attached hydrogen (secondary N) is 1. The summed E-state index contributed by atoms with van der Waals surface area (Å²) in [6.07, 6.45) is 3.85. The van der Waals surface area contributed by atoms with Gasteiger partial charge in [0.25, 0.3) is 0 Å². The van der Waals surface area contributed by atoms with E-state index in [1.807, 2.05) is 37.3 Å². The van der Waals surface area contributed by atoms with Crippen molar-refractivity contribution in [2.45, 2.75) is 51.3 Å². The molecule has 1 unspecified atom stereocenters. The Hall–Kier alpha value is -2.90. The SMILES string of the molecule is CCCCC(CC)CN(CC(=O)Nc1ccc(OCC)cc1)S(=O)(=O)c1cccc2ccccc12. The number of nitrogens with zero attached hydrogens (tertiary/aromatic N) is 1. The van der Waals surface area contributed by atoms with Gasteiger partial charge in [0.2, 0.25) is 15.9 Å². The molecule has 7 heteroatoms. The van der Waals surface area contributed by atoms with Gasteiger partial charge in [-0.2, -0.15) is 4.31 Å². The lowest BCUT2D eigenvalue weighted by Gasteiger charge is -2.27. The molecular weight excluding hydrogens is 460 g/mol. The maximum atomic E-state index is 13.9. The van der Waals surface area contributed by atoms with Gasteiger partial charge < -0.3 is 10.1 Å². The summed E-state index contributed by atoms with van der Waals surface area (Å²) in [6, 6.07) is 19.8. The summed E-state index contributed by atoms with van der Waals surface area (Å²) in [5.41, 5.74) is 0.596. The molecule has 3 aromatic rings. The van der Waals surface area contributed by atoms with Crippen LogP contribution in [0.4, 0.5) is 5.69 Å². The monoisotopic (exact) mass is 496 g/mol. The van der Waals surface area contributed by atoms with Crippen LogP contribution in [0.3, 0.4) is 0 Å². The number of benzene rings is 3. The highest BCUT2D eigenvalue weighted by molar-refractivity contribution is 7.89. The highest BCUT2D eigenvalue weighted by Gasteiger charge is 2.30. The fourth-order valence-corrected chi connectivity index (χ4v) is 5.86. The lowest BCUT2D eigenvalue weighted by atomic mass is 9.99. The first-order valence-corrected chi connectivity index (χ1v) is 13.8. The molecule has 3 aromatic carbocycles. The van der Waals surface area contributed by atoms with Crippen molar-refractivity contribution < 1.29 is 17.9 Å². The highest BCUT2D eigenvalue weighted by Crippen LogP contribution is 2.27. The average molecular weight is 497 g/mol. The number of amides is 1. The van der Waals surface area contributed by atoms with Crippen molar-refractivity contribution in [1.82, 2.24) is 4.31 Å². The van der Waals surface area contributed by atoms with Gasteiger partial charge in [-0.25, -0.2) is 8.42 Å². The summed E-state index contributed by atoms with van der Waals surface area (Å²) >= 11 is 0. The molecule has 0 spiro atoms. The van der Waals surface area contributed by atoms with Gasteiger partial charge in [-0.15, -0.1) is 0 Å². The van der Waals surface area contributed by atoms with Crippen LogP contribution in [0.25, 0.3) is 10.8 Å². The van der Waals surface area contributed by atoms with Crippen molar-refractivity contribution in [3.05, 3.63) is 66.7 Å². The topological polar surface area (TPSA) is 75.7 Å². The number of hydrogen-bond acceptors (Lipinski definition) is 4. The number of hydrogen-bond donors (Lipinski definition) is 1. The Labute approximate surface area is 209 Å². The number of sulfonamides is 1. The predicted molar refractivity (Wildman–Crippen MR) is 142 cm³/mol. The van der Waals surface area contributed by atoms with E-state index < -0.39 is 10.0 Å². The number of fused-ring (bicyclic) bond motifs is 1. The van der Waals surface area contributed by atoms with E-state index in [1.54, 1.807) is 36.4 Å². The predicted octanol–water partition coefficient (Wildman–Crippen LogP) is 6.08. The fraction of sp³-hybridized carbons (Fsp3) is 0.393. The second kappa shape index (κ2) is 12.7. The van der Waals surface area contributed by atoms with Crippen LogP contribution in [-0.4, -0.2) is 38.3 Å². The minimum Gasteiger partial charge on any atom is -0.494 e. The van der Waals surface area contributed by atoms with E-state index in [4.69, 9.17) is 4.74 Å². The smallest absolute Gasteiger partial charge is 0.244 e. The molecular formula is C28H36N2O4S. The van der Waals surface area contributed by atoms with Gasteiger partial charge in [0.05, 0.1) is 18.0 Å². The third-order valence-corrected chi connectivity index (χ3v) is 8.01. The quantitative estimate of drug-likeness (QED) is 0.311. The van der Waals surface area contributed by atoms with Gasteiger partial charge >= 0.3 is 0 Å². The van der Waals surface area contributed by atoms with Crippen LogP contribution in [0.2, 0.25) is 0 Å². The molecule has 0 aliphatic rings. The summed E-state index contributed by atoms with van der Waals surface area (Å²) in [5.74, 6) is 0.522. The van der Waals surface area contributed by atoms with Gasteiger partial charge in [-0.05, 0) is 55.0 Å². The molecule has 0 saturated carbocycles. The van der Waals surface area contributed by atoms with Crippen LogP contribution < -0.4 is 10.1 Å². The third-order valence-electron chi connectivity index (χ3n) is 6.14.